The zero-order chi connectivity index (χ0) is 22.9. The van der Waals surface area contributed by atoms with E-state index in [9.17, 15) is 14.0 Å². The topological polar surface area (TPSA) is 67.2 Å². The van der Waals surface area contributed by atoms with Gasteiger partial charge in [0.15, 0.2) is 0 Å². The summed E-state index contributed by atoms with van der Waals surface area (Å²) in [7, 11) is 1.53. The second kappa shape index (κ2) is 8.89. The molecule has 0 saturated heterocycles. The minimum absolute atomic E-state index is 0.103. The smallest absolute Gasteiger partial charge is 0.259 e. The molecule has 0 atom stereocenters. The van der Waals surface area contributed by atoms with E-state index in [1.165, 1.54) is 40.9 Å². The van der Waals surface area contributed by atoms with Gasteiger partial charge in [-0.3, -0.25) is 9.59 Å². The first-order chi connectivity index (χ1) is 14.6. The molecule has 2 amide bonds. The number of amides is 2. The Kier molecular flexibility index (Phi) is 6.45. The Bertz CT molecular complexity index is 1130. The number of hydrogen-bond acceptors (Lipinski definition) is 3. The fourth-order valence-corrected chi connectivity index (χ4v) is 3.88. The van der Waals surface area contributed by atoms with E-state index >= 15 is 0 Å². The van der Waals surface area contributed by atoms with Crippen molar-refractivity contribution in [3.8, 4) is 5.69 Å². The lowest BCUT2D eigenvalue weighted by Crippen LogP contribution is -2.35. The van der Waals surface area contributed by atoms with E-state index < -0.39 is 5.91 Å². The molecule has 162 valence electrons. The van der Waals surface area contributed by atoms with E-state index in [2.05, 4.69) is 10.4 Å². The fraction of sp³-hybridized carbons (Fsp3) is 0.261. The maximum atomic E-state index is 13.2. The maximum absolute atomic E-state index is 13.2. The van der Waals surface area contributed by atoms with Crippen LogP contribution in [-0.4, -0.2) is 40.1 Å². The summed E-state index contributed by atoms with van der Waals surface area (Å²) < 4.78 is 14.6. The average molecular weight is 443 g/mol. The third-order valence-electron chi connectivity index (χ3n) is 4.96. The number of benzene rings is 2. The Morgan fingerprint density at radius 3 is 2.26 bits per heavy atom. The van der Waals surface area contributed by atoms with Crippen molar-refractivity contribution in [1.82, 2.24) is 14.7 Å². The monoisotopic (exact) mass is 442 g/mol. The van der Waals surface area contributed by atoms with Gasteiger partial charge in [0.25, 0.3) is 5.91 Å². The molecule has 8 heteroatoms. The number of carbonyl (C=O) groups is 2. The molecule has 0 spiro atoms. The van der Waals surface area contributed by atoms with Gasteiger partial charge in [-0.15, -0.1) is 0 Å². The number of nitrogens with zero attached hydrogens (tertiary/aromatic N) is 3. The maximum Gasteiger partial charge on any atom is 0.259 e. The van der Waals surface area contributed by atoms with Crippen LogP contribution in [-0.2, 0) is 4.79 Å². The Morgan fingerprint density at radius 1 is 1.10 bits per heavy atom. The second-order valence-electron chi connectivity index (χ2n) is 7.62. The molecule has 0 aliphatic heterocycles. The molecule has 0 fully saturated rings. The Balaban J connectivity index is 1.77. The van der Waals surface area contributed by atoms with Crippen LogP contribution < -0.4 is 5.32 Å². The number of nitrogens with one attached hydrogen (secondary N) is 1. The average Bonchev–Trinajstić information content (AvgIpc) is 2.98. The van der Waals surface area contributed by atoms with Gasteiger partial charge in [-0.2, -0.15) is 5.10 Å². The molecule has 31 heavy (non-hydrogen) atoms. The molecule has 0 unspecified atom stereocenters. The van der Waals surface area contributed by atoms with Crippen LogP contribution in [0.5, 0.6) is 0 Å². The summed E-state index contributed by atoms with van der Waals surface area (Å²) in [4.78, 5) is 26.9. The fourth-order valence-electron chi connectivity index (χ4n) is 3.53. The number of anilines is 1. The van der Waals surface area contributed by atoms with Crippen molar-refractivity contribution in [1.29, 1.82) is 0 Å². The lowest BCUT2D eigenvalue weighted by Gasteiger charge is -2.18. The van der Waals surface area contributed by atoms with Crippen molar-refractivity contribution in [3.05, 3.63) is 75.3 Å². The van der Waals surface area contributed by atoms with Crippen LogP contribution in [0.25, 0.3) is 5.69 Å². The van der Waals surface area contributed by atoms with Gasteiger partial charge in [-0.25, -0.2) is 9.07 Å². The van der Waals surface area contributed by atoms with Gasteiger partial charge >= 0.3 is 0 Å². The first-order valence-electron chi connectivity index (χ1n) is 9.72. The van der Waals surface area contributed by atoms with E-state index in [0.717, 1.165) is 22.4 Å². The molecule has 0 radical (unpaired) electrons. The summed E-state index contributed by atoms with van der Waals surface area (Å²) in [5, 5.41) is 7.30. The predicted octanol–water partition coefficient (Wildman–Crippen LogP) is 4.61. The molecule has 6 nitrogen and oxygen atoms in total. The first-order valence-corrected chi connectivity index (χ1v) is 10.1. The lowest BCUT2D eigenvalue weighted by atomic mass is 10.1. The number of halogens is 2. The quantitative estimate of drug-likeness (QED) is 0.627. The minimum Gasteiger partial charge on any atom is -0.332 e. The molecular formula is C23H24ClFN4O2. The van der Waals surface area contributed by atoms with Crippen molar-refractivity contribution in [3.63, 3.8) is 0 Å². The van der Waals surface area contributed by atoms with Crippen LogP contribution in [0, 0.1) is 33.5 Å². The van der Waals surface area contributed by atoms with Crippen LogP contribution in [0.1, 0.15) is 32.7 Å². The summed E-state index contributed by atoms with van der Waals surface area (Å²) in [6.45, 7) is 7.36. The van der Waals surface area contributed by atoms with Crippen molar-refractivity contribution in [2.24, 2.45) is 0 Å². The molecule has 3 rings (SSSR count). The highest BCUT2D eigenvalue weighted by Gasteiger charge is 2.25. The Hall–Kier alpha value is -3.19. The van der Waals surface area contributed by atoms with E-state index in [0.29, 0.717) is 11.4 Å². The molecular weight excluding hydrogens is 419 g/mol. The molecule has 0 bridgehead atoms. The number of aromatic nitrogens is 2. The molecule has 2 aromatic carbocycles. The SMILES string of the molecule is Cc1cc(C)c(NC(=O)CN(C)C(=O)c2c(C)nn(-c3ccc(F)cc3)c2Cl)c(C)c1. The Labute approximate surface area is 185 Å². The van der Waals surface area contributed by atoms with Gasteiger partial charge in [0, 0.05) is 12.7 Å². The highest BCUT2D eigenvalue weighted by atomic mass is 35.5. The van der Waals surface area contributed by atoms with E-state index in [1.54, 1.807) is 6.92 Å². The summed E-state index contributed by atoms with van der Waals surface area (Å²) >= 11 is 6.42. The van der Waals surface area contributed by atoms with Gasteiger partial charge in [0.05, 0.1) is 23.5 Å². The summed E-state index contributed by atoms with van der Waals surface area (Å²) in [5.74, 6) is -1.13. The van der Waals surface area contributed by atoms with Crippen LogP contribution in [0.4, 0.5) is 10.1 Å². The van der Waals surface area contributed by atoms with Gasteiger partial charge in [-0.1, -0.05) is 29.3 Å². The third-order valence-corrected chi connectivity index (χ3v) is 5.31. The van der Waals surface area contributed by atoms with Gasteiger partial charge < -0.3 is 10.2 Å². The van der Waals surface area contributed by atoms with Crippen LogP contribution in [0.2, 0.25) is 5.15 Å². The van der Waals surface area contributed by atoms with E-state index in [4.69, 9.17) is 11.6 Å². The van der Waals surface area contributed by atoms with Crippen LogP contribution in [0.3, 0.4) is 0 Å². The molecule has 1 heterocycles. The predicted molar refractivity (Wildman–Crippen MR) is 120 cm³/mol. The first kappa shape index (κ1) is 22.5. The number of aryl methyl sites for hydroxylation is 4. The molecule has 0 saturated carbocycles. The van der Waals surface area contributed by atoms with Gasteiger partial charge in [0.1, 0.15) is 11.0 Å². The molecule has 1 N–H and O–H groups in total. The van der Waals surface area contributed by atoms with E-state index in [1.807, 2.05) is 32.9 Å². The number of rotatable bonds is 5. The standard InChI is InChI=1S/C23H24ClFN4O2/c1-13-10-14(2)21(15(3)11-13)26-19(30)12-28(5)23(31)20-16(4)27-29(22(20)24)18-8-6-17(25)7-9-18/h6-11H,12H2,1-5H3,(H,26,30). The van der Waals surface area contributed by atoms with Gasteiger partial charge in [0.2, 0.25) is 5.91 Å². The molecule has 0 aliphatic carbocycles. The zero-order valence-corrected chi connectivity index (χ0v) is 18.8. The normalized spacial score (nSPS) is 10.8. The zero-order valence-electron chi connectivity index (χ0n) is 18.1. The molecule has 1 aromatic heterocycles. The van der Waals surface area contributed by atoms with Crippen molar-refractivity contribution in [2.45, 2.75) is 27.7 Å². The minimum atomic E-state index is -0.427. The highest BCUT2D eigenvalue weighted by molar-refractivity contribution is 6.33. The summed E-state index contributed by atoms with van der Waals surface area (Å²) in [6.07, 6.45) is 0. The largest absolute Gasteiger partial charge is 0.332 e. The van der Waals surface area contributed by atoms with Crippen LogP contribution >= 0.6 is 11.6 Å². The van der Waals surface area contributed by atoms with Crippen molar-refractivity contribution in [2.75, 3.05) is 18.9 Å². The Morgan fingerprint density at radius 2 is 1.68 bits per heavy atom. The van der Waals surface area contributed by atoms with Crippen LogP contribution in [0.15, 0.2) is 36.4 Å². The lowest BCUT2D eigenvalue weighted by molar-refractivity contribution is -0.116. The summed E-state index contributed by atoms with van der Waals surface area (Å²) in [5.41, 5.74) is 4.91. The number of hydrogen-bond donors (Lipinski definition) is 1. The number of likely N-dealkylation sites (N-methyl/N-ethyl adjacent to an activating group) is 1. The van der Waals surface area contributed by atoms with E-state index in [-0.39, 0.29) is 29.0 Å². The van der Waals surface area contributed by atoms with Crippen molar-refractivity contribution >= 4 is 29.1 Å². The molecule has 0 aliphatic rings. The molecule has 3 aromatic rings. The highest BCUT2D eigenvalue weighted by Crippen LogP contribution is 2.25. The third kappa shape index (κ3) is 4.77. The number of carbonyl (C=O) groups excluding carboxylic acids is 2. The van der Waals surface area contributed by atoms with Crippen molar-refractivity contribution < 1.29 is 14.0 Å². The summed E-state index contributed by atoms with van der Waals surface area (Å²) in [6, 6.07) is 9.59. The second-order valence-corrected chi connectivity index (χ2v) is 7.98. The van der Waals surface area contributed by atoms with Gasteiger partial charge in [-0.05, 0) is 63.1 Å².